The minimum absolute atomic E-state index is 0.0604. The summed E-state index contributed by atoms with van der Waals surface area (Å²) in [5.74, 6) is 0.933. The smallest absolute Gasteiger partial charge is 0.251 e. The molecule has 0 aromatic carbocycles. The van der Waals surface area contributed by atoms with Crippen molar-refractivity contribution in [2.75, 3.05) is 6.54 Å². The van der Waals surface area contributed by atoms with Gasteiger partial charge in [0.15, 0.2) is 0 Å². The van der Waals surface area contributed by atoms with E-state index < -0.39 is 0 Å². The number of allylic oxidation sites excluding steroid dienone is 1. The van der Waals surface area contributed by atoms with Crippen molar-refractivity contribution in [2.45, 2.75) is 52.4 Å². The van der Waals surface area contributed by atoms with Gasteiger partial charge in [-0.3, -0.25) is 9.59 Å². The van der Waals surface area contributed by atoms with Crippen LogP contribution < -0.4 is 0 Å². The Morgan fingerprint density at radius 2 is 1.95 bits per heavy atom. The van der Waals surface area contributed by atoms with Crippen molar-refractivity contribution in [3.63, 3.8) is 0 Å². The number of amides is 1. The van der Waals surface area contributed by atoms with Gasteiger partial charge < -0.3 is 4.90 Å². The molecule has 0 aromatic rings. The van der Waals surface area contributed by atoms with Gasteiger partial charge in [-0.2, -0.15) is 0 Å². The third-order valence-corrected chi connectivity index (χ3v) is 3.38. The minimum Gasteiger partial charge on any atom is -0.309 e. The van der Waals surface area contributed by atoms with E-state index in [1.54, 1.807) is 11.0 Å². The minimum atomic E-state index is -0.0604. The number of carbonyl (C=O) groups is 2. The molecule has 1 aliphatic heterocycles. The molecule has 0 spiro atoms. The van der Waals surface area contributed by atoms with Crippen LogP contribution in [0.2, 0.25) is 0 Å². The molecule has 106 valence electrons. The van der Waals surface area contributed by atoms with Crippen molar-refractivity contribution < 1.29 is 9.59 Å². The van der Waals surface area contributed by atoms with Crippen LogP contribution in [0.4, 0.5) is 0 Å². The van der Waals surface area contributed by atoms with Gasteiger partial charge in [0, 0.05) is 31.2 Å². The zero-order chi connectivity index (χ0) is 14.3. The molecule has 1 heterocycles. The maximum atomic E-state index is 11.7. The molecular formula is C16H25NO2. The van der Waals surface area contributed by atoms with Gasteiger partial charge >= 0.3 is 0 Å². The van der Waals surface area contributed by atoms with Crippen LogP contribution >= 0.6 is 0 Å². The molecule has 0 atom stereocenters. The molecule has 19 heavy (non-hydrogen) atoms. The van der Waals surface area contributed by atoms with E-state index in [0.29, 0.717) is 25.1 Å². The monoisotopic (exact) mass is 263 g/mol. The molecule has 0 unspecified atom stereocenters. The van der Waals surface area contributed by atoms with Crippen LogP contribution in [0.15, 0.2) is 24.4 Å². The molecule has 1 amide bonds. The van der Waals surface area contributed by atoms with Crippen molar-refractivity contribution >= 4 is 11.7 Å². The summed E-state index contributed by atoms with van der Waals surface area (Å²) in [5.41, 5.74) is 0.690. The van der Waals surface area contributed by atoms with Gasteiger partial charge in [-0.05, 0) is 18.4 Å². The van der Waals surface area contributed by atoms with E-state index in [9.17, 15) is 9.59 Å². The predicted octanol–water partition coefficient (Wildman–Crippen LogP) is 3.46. The van der Waals surface area contributed by atoms with Crippen molar-refractivity contribution in [1.82, 2.24) is 4.90 Å². The maximum absolute atomic E-state index is 11.7. The molecule has 0 aliphatic carbocycles. The summed E-state index contributed by atoms with van der Waals surface area (Å²) < 4.78 is 0. The molecule has 0 bridgehead atoms. The highest BCUT2D eigenvalue weighted by Crippen LogP contribution is 2.14. The van der Waals surface area contributed by atoms with E-state index >= 15 is 0 Å². The first-order chi connectivity index (χ1) is 9.00. The second-order valence-electron chi connectivity index (χ2n) is 5.60. The zero-order valence-electron chi connectivity index (χ0n) is 12.2. The van der Waals surface area contributed by atoms with Gasteiger partial charge in [0.25, 0.3) is 5.91 Å². The highest BCUT2D eigenvalue weighted by Gasteiger charge is 2.18. The standard InChI is InChI=1S/C16H25NO2/c1-13(2)7-5-4-6-8-15(18)11-12-17-14(3)9-10-16(17)19/h9-10,13H,3-8,11-12H2,1-2H3. The van der Waals surface area contributed by atoms with Crippen LogP contribution in [0.1, 0.15) is 52.4 Å². The number of nitrogens with zero attached hydrogens (tertiary/aromatic N) is 1. The lowest BCUT2D eigenvalue weighted by Gasteiger charge is -2.16. The van der Waals surface area contributed by atoms with E-state index in [-0.39, 0.29) is 11.7 Å². The Bertz CT molecular complexity index is 351. The van der Waals surface area contributed by atoms with E-state index in [2.05, 4.69) is 20.4 Å². The van der Waals surface area contributed by atoms with Gasteiger partial charge in [0.1, 0.15) is 5.78 Å². The van der Waals surface area contributed by atoms with Crippen LogP contribution in [-0.4, -0.2) is 23.1 Å². The molecule has 0 saturated heterocycles. The third kappa shape index (κ3) is 5.86. The molecule has 1 rings (SSSR count). The second-order valence-corrected chi connectivity index (χ2v) is 5.60. The average molecular weight is 263 g/mol. The topological polar surface area (TPSA) is 37.4 Å². The fourth-order valence-corrected chi connectivity index (χ4v) is 2.16. The number of Topliss-reactive ketones (excluding diaryl/α,β-unsaturated/α-hetero) is 1. The lowest BCUT2D eigenvalue weighted by atomic mass is 10.0. The van der Waals surface area contributed by atoms with Crippen LogP contribution in [0.5, 0.6) is 0 Å². The predicted molar refractivity (Wildman–Crippen MR) is 77.5 cm³/mol. The zero-order valence-corrected chi connectivity index (χ0v) is 12.2. The van der Waals surface area contributed by atoms with E-state index in [1.165, 1.54) is 18.9 Å². The Morgan fingerprint density at radius 1 is 1.21 bits per heavy atom. The Kier molecular flexibility index (Phi) is 6.54. The van der Waals surface area contributed by atoms with Gasteiger partial charge in [-0.25, -0.2) is 0 Å². The molecule has 0 N–H and O–H groups in total. The molecule has 0 saturated carbocycles. The summed E-state index contributed by atoms with van der Waals surface area (Å²) in [5, 5.41) is 0. The van der Waals surface area contributed by atoms with Crippen LogP contribution in [0.3, 0.4) is 0 Å². The normalized spacial score (nSPS) is 14.8. The molecule has 3 nitrogen and oxygen atoms in total. The molecule has 0 radical (unpaired) electrons. The number of rotatable bonds is 9. The number of hydrogen-bond donors (Lipinski definition) is 0. The van der Waals surface area contributed by atoms with Crippen molar-refractivity contribution in [3.05, 3.63) is 24.4 Å². The van der Waals surface area contributed by atoms with E-state index in [4.69, 9.17) is 0 Å². The molecule has 3 heteroatoms. The summed E-state index contributed by atoms with van der Waals surface area (Å²) in [6.45, 7) is 8.68. The second kappa shape index (κ2) is 7.93. The highest BCUT2D eigenvalue weighted by molar-refractivity contribution is 5.93. The van der Waals surface area contributed by atoms with Crippen LogP contribution in [0.25, 0.3) is 0 Å². The average Bonchev–Trinajstić information content (AvgIpc) is 2.66. The Hall–Kier alpha value is -1.38. The van der Waals surface area contributed by atoms with E-state index in [0.717, 1.165) is 18.8 Å². The van der Waals surface area contributed by atoms with Crippen molar-refractivity contribution in [2.24, 2.45) is 5.92 Å². The van der Waals surface area contributed by atoms with Crippen molar-refractivity contribution in [1.29, 1.82) is 0 Å². The fourth-order valence-electron chi connectivity index (χ4n) is 2.16. The first kappa shape index (κ1) is 15.7. The maximum Gasteiger partial charge on any atom is 0.251 e. The Balaban J connectivity index is 2.08. The summed E-state index contributed by atoms with van der Waals surface area (Å²) in [6.07, 6.45) is 8.81. The number of ketones is 1. The number of carbonyl (C=O) groups excluding carboxylic acids is 2. The van der Waals surface area contributed by atoms with Crippen molar-refractivity contribution in [3.8, 4) is 0 Å². The number of hydrogen-bond acceptors (Lipinski definition) is 2. The summed E-state index contributed by atoms with van der Waals surface area (Å²) in [6, 6.07) is 0. The van der Waals surface area contributed by atoms with E-state index in [1.807, 2.05) is 0 Å². The van der Waals surface area contributed by atoms with Crippen LogP contribution in [-0.2, 0) is 9.59 Å². The summed E-state index contributed by atoms with van der Waals surface area (Å²) in [7, 11) is 0. The van der Waals surface area contributed by atoms with Crippen LogP contribution in [0, 0.1) is 5.92 Å². The summed E-state index contributed by atoms with van der Waals surface area (Å²) in [4.78, 5) is 24.7. The first-order valence-electron chi connectivity index (χ1n) is 7.21. The largest absolute Gasteiger partial charge is 0.309 e. The quantitative estimate of drug-likeness (QED) is 0.597. The Morgan fingerprint density at radius 3 is 2.53 bits per heavy atom. The Labute approximate surface area is 116 Å². The van der Waals surface area contributed by atoms with Gasteiger partial charge in [-0.15, -0.1) is 0 Å². The van der Waals surface area contributed by atoms with Gasteiger partial charge in [-0.1, -0.05) is 39.7 Å². The first-order valence-corrected chi connectivity index (χ1v) is 7.21. The number of unbranched alkanes of at least 4 members (excludes halogenated alkanes) is 2. The molecule has 1 aliphatic rings. The molecular weight excluding hydrogens is 238 g/mol. The lowest BCUT2D eigenvalue weighted by Crippen LogP contribution is -2.26. The fraction of sp³-hybridized carbons (Fsp3) is 0.625. The third-order valence-electron chi connectivity index (χ3n) is 3.38. The summed E-state index contributed by atoms with van der Waals surface area (Å²) >= 11 is 0. The molecule has 0 aromatic heterocycles. The SMILES string of the molecule is C=C1C=CC(=O)N1CCC(=O)CCCCCC(C)C. The molecule has 0 fully saturated rings. The van der Waals surface area contributed by atoms with Gasteiger partial charge in [0.05, 0.1) is 0 Å². The highest BCUT2D eigenvalue weighted by atomic mass is 16.2. The lowest BCUT2D eigenvalue weighted by molar-refractivity contribution is -0.124. The van der Waals surface area contributed by atoms with Gasteiger partial charge in [0.2, 0.25) is 0 Å².